The summed E-state index contributed by atoms with van der Waals surface area (Å²) in [5, 5.41) is 0. The van der Waals surface area contributed by atoms with Gasteiger partial charge in [0.1, 0.15) is 0 Å². The molecular formula is C22H24BF3O3. The lowest BCUT2D eigenvalue weighted by Gasteiger charge is -2.32. The van der Waals surface area contributed by atoms with E-state index in [1.54, 1.807) is 6.07 Å². The van der Waals surface area contributed by atoms with E-state index < -0.39 is 30.1 Å². The topological polar surface area (TPSA) is 35.5 Å². The van der Waals surface area contributed by atoms with Crippen molar-refractivity contribution in [1.82, 2.24) is 0 Å². The van der Waals surface area contributed by atoms with E-state index in [4.69, 9.17) is 9.31 Å². The lowest BCUT2D eigenvalue weighted by Crippen LogP contribution is -2.41. The lowest BCUT2D eigenvalue weighted by atomic mass is 9.75. The maximum absolute atomic E-state index is 12.9. The molecule has 0 bridgehead atoms. The summed E-state index contributed by atoms with van der Waals surface area (Å²) in [5.74, 6) is -0.375. The van der Waals surface area contributed by atoms with E-state index in [1.807, 2.05) is 46.8 Å². The molecule has 7 heteroatoms. The van der Waals surface area contributed by atoms with Crippen molar-refractivity contribution < 1.29 is 27.3 Å². The molecule has 1 aliphatic heterocycles. The minimum absolute atomic E-state index is 0.00586. The zero-order valence-corrected chi connectivity index (χ0v) is 17.2. The highest BCUT2D eigenvalue weighted by Crippen LogP contribution is 2.36. The first-order valence-corrected chi connectivity index (χ1v) is 9.46. The molecule has 1 aliphatic rings. The van der Waals surface area contributed by atoms with Gasteiger partial charge in [-0.3, -0.25) is 4.79 Å². The predicted molar refractivity (Wildman–Crippen MR) is 106 cm³/mol. The van der Waals surface area contributed by atoms with Crippen LogP contribution in [-0.4, -0.2) is 24.1 Å². The normalized spacial score (nSPS) is 18.1. The van der Waals surface area contributed by atoms with Crippen LogP contribution in [-0.2, 0) is 21.9 Å². The third kappa shape index (κ3) is 4.41. The Balaban J connectivity index is 1.83. The fraction of sp³-hybridized carbons (Fsp3) is 0.409. The first-order chi connectivity index (χ1) is 13.3. The van der Waals surface area contributed by atoms with Crippen molar-refractivity contribution in [3.05, 3.63) is 64.7 Å². The third-order valence-corrected chi connectivity index (χ3v) is 5.73. The van der Waals surface area contributed by atoms with Crippen LogP contribution in [0.5, 0.6) is 0 Å². The highest BCUT2D eigenvalue weighted by molar-refractivity contribution is 6.62. The Bertz CT molecular complexity index is 919. The molecule has 0 saturated carbocycles. The SMILES string of the molecule is Cc1ccc(CC(=O)c2cccc(C(F)(F)F)c2)cc1B1OC(C)(C)C(C)(C)O1. The van der Waals surface area contributed by atoms with Crippen molar-refractivity contribution >= 4 is 18.4 Å². The van der Waals surface area contributed by atoms with Crippen LogP contribution in [0.2, 0.25) is 0 Å². The minimum Gasteiger partial charge on any atom is -0.399 e. The maximum Gasteiger partial charge on any atom is 0.495 e. The Hall–Kier alpha value is -2.12. The Kier molecular flexibility index (Phi) is 5.43. The van der Waals surface area contributed by atoms with E-state index in [9.17, 15) is 18.0 Å². The molecule has 3 rings (SSSR count). The fourth-order valence-corrected chi connectivity index (χ4v) is 3.18. The Morgan fingerprint density at radius 3 is 2.21 bits per heavy atom. The number of hydrogen-bond acceptors (Lipinski definition) is 3. The summed E-state index contributed by atoms with van der Waals surface area (Å²) in [6, 6.07) is 10.0. The minimum atomic E-state index is -4.48. The molecule has 1 fully saturated rings. The van der Waals surface area contributed by atoms with E-state index in [2.05, 4.69) is 0 Å². The zero-order valence-electron chi connectivity index (χ0n) is 17.2. The quantitative estimate of drug-likeness (QED) is 0.546. The molecule has 0 unspecified atom stereocenters. The van der Waals surface area contributed by atoms with Gasteiger partial charge in [0.15, 0.2) is 5.78 Å². The standard InChI is InChI=1S/C22H24BF3O3/c1-14-9-10-15(11-18(14)23-28-20(2,3)21(4,5)29-23)12-19(27)16-7-6-8-17(13-16)22(24,25)26/h6-11,13H,12H2,1-5H3. The van der Waals surface area contributed by atoms with Crippen molar-refractivity contribution in [2.75, 3.05) is 0 Å². The molecule has 2 aromatic rings. The molecule has 0 N–H and O–H groups in total. The number of carbonyl (C=O) groups excluding carboxylic acids is 1. The van der Waals surface area contributed by atoms with E-state index in [1.165, 1.54) is 12.1 Å². The summed E-state index contributed by atoms with van der Waals surface area (Å²) >= 11 is 0. The Morgan fingerprint density at radius 2 is 1.62 bits per heavy atom. The summed E-state index contributed by atoms with van der Waals surface area (Å²) < 4.78 is 50.9. The summed E-state index contributed by atoms with van der Waals surface area (Å²) in [6.07, 6.45) is -4.49. The number of benzene rings is 2. The van der Waals surface area contributed by atoms with Crippen molar-refractivity contribution in [2.24, 2.45) is 0 Å². The van der Waals surface area contributed by atoms with E-state index >= 15 is 0 Å². The highest BCUT2D eigenvalue weighted by atomic mass is 19.4. The Labute approximate surface area is 169 Å². The number of aryl methyl sites for hydroxylation is 1. The van der Waals surface area contributed by atoms with Crippen LogP contribution < -0.4 is 5.46 Å². The van der Waals surface area contributed by atoms with E-state index in [0.717, 1.165) is 23.2 Å². The van der Waals surface area contributed by atoms with Crippen LogP contribution in [0, 0.1) is 6.92 Å². The maximum atomic E-state index is 12.9. The first kappa shape index (κ1) is 21.6. The van der Waals surface area contributed by atoms with Crippen molar-refractivity contribution in [1.29, 1.82) is 0 Å². The summed E-state index contributed by atoms with van der Waals surface area (Å²) in [7, 11) is -0.566. The molecule has 29 heavy (non-hydrogen) atoms. The summed E-state index contributed by atoms with van der Waals surface area (Å²) in [4.78, 5) is 12.6. The van der Waals surface area contributed by atoms with Crippen LogP contribution in [0.1, 0.15) is 54.7 Å². The third-order valence-electron chi connectivity index (χ3n) is 5.73. The highest BCUT2D eigenvalue weighted by Gasteiger charge is 2.52. The monoisotopic (exact) mass is 404 g/mol. The molecule has 0 amide bonds. The van der Waals surface area contributed by atoms with Gasteiger partial charge in [0.05, 0.1) is 16.8 Å². The molecule has 3 nitrogen and oxygen atoms in total. The van der Waals surface area contributed by atoms with Gasteiger partial charge in [-0.15, -0.1) is 0 Å². The van der Waals surface area contributed by atoms with Gasteiger partial charge in [-0.2, -0.15) is 13.2 Å². The second-order valence-electron chi connectivity index (χ2n) is 8.46. The van der Waals surface area contributed by atoms with Gasteiger partial charge >= 0.3 is 13.3 Å². The van der Waals surface area contributed by atoms with Gasteiger partial charge in [0, 0.05) is 12.0 Å². The summed E-state index contributed by atoms with van der Waals surface area (Å²) in [6.45, 7) is 9.78. The molecule has 1 saturated heterocycles. The average Bonchev–Trinajstić information content (AvgIpc) is 2.83. The molecule has 0 radical (unpaired) electrons. The van der Waals surface area contributed by atoms with Crippen molar-refractivity contribution in [2.45, 2.75) is 58.4 Å². The van der Waals surface area contributed by atoms with Gasteiger partial charge < -0.3 is 9.31 Å². The second-order valence-corrected chi connectivity index (χ2v) is 8.46. The number of carbonyl (C=O) groups is 1. The van der Waals surface area contributed by atoms with Crippen molar-refractivity contribution in [3.63, 3.8) is 0 Å². The smallest absolute Gasteiger partial charge is 0.399 e. The Morgan fingerprint density at radius 1 is 1.00 bits per heavy atom. The molecular weight excluding hydrogens is 380 g/mol. The molecule has 1 heterocycles. The van der Waals surface area contributed by atoms with Gasteiger partial charge in [-0.1, -0.05) is 35.9 Å². The second kappa shape index (κ2) is 7.29. The molecule has 0 aromatic heterocycles. The number of halogens is 3. The first-order valence-electron chi connectivity index (χ1n) is 9.46. The number of ketones is 1. The predicted octanol–water partition coefficient (Wildman–Crippen LogP) is 4.74. The molecule has 0 aliphatic carbocycles. The number of alkyl halides is 3. The van der Waals surface area contributed by atoms with Crippen LogP contribution in [0.15, 0.2) is 42.5 Å². The number of hydrogen-bond donors (Lipinski definition) is 0. The van der Waals surface area contributed by atoms with E-state index in [0.29, 0.717) is 5.56 Å². The van der Waals surface area contributed by atoms with E-state index in [-0.39, 0.29) is 17.8 Å². The van der Waals surface area contributed by atoms with Crippen LogP contribution >= 0.6 is 0 Å². The van der Waals surface area contributed by atoms with Crippen LogP contribution in [0.25, 0.3) is 0 Å². The molecule has 2 aromatic carbocycles. The molecule has 154 valence electrons. The van der Waals surface area contributed by atoms with Gasteiger partial charge in [-0.05, 0) is 57.8 Å². The van der Waals surface area contributed by atoms with Crippen molar-refractivity contribution in [3.8, 4) is 0 Å². The lowest BCUT2D eigenvalue weighted by molar-refractivity contribution is -0.137. The van der Waals surface area contributed by atoms with Gasteiger partial charge in [0.25, 0.3) is 0 Å². The number of rotatable bonds is 4. The molecule has 0 spiro atoms. The van der Waals surface area contributed by atoms with Crippen LogP contribution in [0.3, 0.4) is 0 Å². The number of Topliss-reactive ketones (excluding diaryl/α,β-unsaturated/α-hetero) is 1. The summed E-state index contributed by atoms with van der Waals surface area (Å²) in [5.41, 5.74) is 0.698. The van der Waals surface area contributed by atoms with Gasteiger partial charge in [0.2, 0.25) is 0 Å². The zero-order chi connectivity index (χ0) is 21.6. The molecule has 0 atom stereocenters. The van der Waals surface area contributed by atoms with Gasteiger partial charge in [-0.25, -0.2) is 0 Å². The fourth-order valence-electron chi connectivity index (χ4n) is 3.18. The van der Waals surface area contributed by atoms with Crippen LogP contribution in [0.4, 0.5) is 13.2 Å². The average molecular weight is 404 g/mol. The largest absolute Gasteiger partial charge is 0.495 e.